The fourth-order valence-corrected chi connectivity index (χ4v) is 6.67. The van der Waals surface area contributed by atoms with Crippen molar-refractivity contribution in [2.24, 2.45) is 5.92 Å². The van der Waals surface area contributed by atoms with Gasteiger partial charge in [-0.05, 0) is 50.2 Å². The predicted molar refractivity (Wildman–Crippen MR) is 122 cm³/mol. The first-order valence-corrected chi connectivity index (χ1v) is 13.5. The Hall–Kier alpha value is -2.37. The summed E-state index contributed by atoms with van der Waals surface area (Å²) in [7, 11) is -1.86. The molecule has 9 nitrogen and oxygen atoms in total. The van der Waals surface area contributed by atoms with Gasteiger partial charge in [0.15, 0.2) is 20.6 Å². The highest BCUT2D eigenvalue weighted by molar-refractivity contribution is 7.92. The first-order valence-electron chi connectivity index (χ1n) is 11.1. The van der Waals surface area contributed by atoms with E-state index < -0.39 is 15.9 Å². The lowest BCUT2D eigenvalue weighted by atomic mass is 9.90. The van der Waals surface area contributed by atoms with Crippen molar-refractivity contribution >= 4 is 37.3 Å². The van der Waals surface area contributed by atoms with Crippen LogP contribution in [0.2, 0.25) is 0 Å². The van der Waals surface area contributed by atoms with Gasteiger partial charge in [-0.15, -0.1) is 0 Å². The molecule has 0 N–H and O–H groups in total. The molecule has 0 bridgehead atoms. The van der Waals surface area contributed by atoms with Crippen LogP contribution in [0.4, 0.5) is 0 Å². The molecule has 0 unspecified atom stereocenters. The van der Waals surface area contributed by atoms with Gasteiger partial charge in [0.1, 0.15) is 21.4 Å². The normalized spacial score (nSPS) is 18.5. The van der Waals surface area contributed by atoms with Crippen molar-refractivity contribution < 1.29 is 22.7 Å². The van der Waals surface area contributed by atoms with Crippen molar-refractivity contribution in [2.45, 2.75) is 54.8 Å². The molecular weight excluding hydrogens is 464 g/mol. The molecule has 0 radical (unpaired) electrons. The number of thiazole rings is 1. The second-order valence-corrected chi connectivity index (χ2v) is 11.9. The van der Waals surface area contributed by atoms with E-state index in [1.54, 1.807) is 24.1 Å². The molecule has 1 aliphatic carbocycles. The van der Waals surface area contributed by atoms with E-state index in [0.29, 0.717) is 49.3 Å². The molecule has 0 aromatic carbocycles. The monoisotopic (exact) mass is 490 g/mol. The maximum Gasteiger partial charge on any atom is 0.214 e. The highest BCUT2D eigenvalue weighted by atomic mass is 32.2. The molecule has 3 aromatic heterocycles. The van der Waals surface area contributed by atoms with Crippen molar-refractivity contribution in [1.82, 2.24) is 19.7 Å². The molecule has 5 rings (SSSR count). The molecule has 176 valence electrons. The number of sulfone groups is 1. The van der Waals surface area contributed by atoms with Crippen molar-refractivity contribution in [3.63, 3.8) is 0 Å². The van der Waals surface area contributed by atoms with Crippen molar-refractivity contribution in [3.05, 3.63) is 29.4 Å². The summed E-state index contributed by atoms with van der Waals surface area (Å²) in [6.45, 7) is 1.36. The minimum Gasteiger partial charge on any atom is -0.481 e. The van der Waals surface area contributed by atoms with Gasteiger partial charge in [-0.1, -0.05) is 11.3 Å². The number of ether oxygens (including phenoxy) is 2. The van der Waals surface area contributed by atoms with Crippen LogP contribution in [0, 0.1) is 5.92 Å². The topological polar surface area (TPSA) is 113 Å². The van der Waals surface area contributed by atoms with E-state index in [4.69, 9.17) is 9.47 Å². The van der Waals surface area contributed by atoms with E-state index in [1.807, 2.05) is 6.07 Å². The fraction of sp³-hybridized carbons (Fsp3) is 0.545. The summed E-state index contributed by atoms with van der Waals surface area (Å²) in [4.78, 5) is 23.1. The van der Waals surface area contributed by atoms with Crippen LogP contribution in [0.5, 0.6) is 5.88 Å². The SMILES string of the molecule is COc1ccc2nc(CC(=O)[C@H](CC3CCOCC3)n3ccc(S(=O)(=O)C4CC4)n3)sc2n1. The predicted octanol–water partition coefficient (Wildman–Crippen LogP) is 3.00. The first-order chi connectivity index (χ1) is 15.9. The van der Waals surface area contributed by atoms with Gasteiger partial charge in [-0.3, -0.25) is 9.48 Å². The highest BCUT2D eigenvalue weighted by Crippen LogP contribution is 2.34. The van der Waals surface area contributed by atoms with Crippen LogP contribution in [0.25, 0.3) is 10.3 Å². The third-order valence-corrected chi connectivity index (χ3v) is 9.35. The number of carbonyl (C=O) groups is 1. The Balaban J connectivity index is 1.40. The summed E-state index contributed by atoms with van der Waals surface area (Å²) < 4.78 is 37.4. The summed E-state index contributed by atoms with van der Waals surface area (Å²) >= 11 is 1.37. The molecule has 1 atom stereocenters. The average Bonchev–Trinajstić information content (AvgIpc) is 3.44. The number of carbonyl (C=O) groups excluding carboxylic acids is 1. The average molecular weight is 491 g/mol. The Morgan fingerprint density at radius 3 is 2.73 bits per heavy atom. The zero-order chi connectivity index (χ0) is 23.0. The third kappa shape index (κ3) is 4.80. The number of aromatic nitrogens is 4. The van der Waals surface area contributed by atoms with E-state index >= 15 is 0 Å². The smallest absolute Gasteiger partial charge is 0.214 e. The second kappa shape index (κ2) is 9.11. The molecule has 4 heterocycles. The largest absolute Gasteiger partial charge is 0.481 e. The number of pyridine rings is 1. The molecule has 1 saturated carbocycles. The molecule has 2 aliphatic rings. The van der Waals surface area contributed by atoms with Gasteiger partial charge in [0.05, 0.1) is 18.8 Å². The summed E-state index contributed by atoms with van der Waals surface area (Å²) in [6.07, 6.45) is 5.48. The zero-order valence-electron chi connectivity index (χ0n) is 18.3. The van der Waals surface area contributed by atoms with Crippen LogP contribution in [0.3, 0.4) is 0 Å². The lowest BCUT2D eigenvalue weighted by Crippen LogP contribution is -2.27. The lowest BCUT2D eigenvalue weighted by molar-refractivity contribution is -0.122. The van der Waals surface area contributed by atoms with Gasteiger partial charge in [0.2, 0.25) is 5.88 Å². The van der Waals surface area contributed by atoms with Gasteiger partial charge < -0.3 is 9.47 Å². The molecule has 1 aliphatic heterocycles. The van der Waals surface area contributed by atoms with Gasteiger partial charge in [-0.25, -0.2) is 18.4 Å². The molecule has 1 saturated heterocycles. The number of Topliss-reactive ketones (excluding diaryl/α,β-unsaturated/α-hetero) is 1. The summed E-state index contributed by atoms with van der Waals surface area (Å²) in [5.41, 5.74) is 0.724. The van der Waals surface area contributed by atoms with Crippen LogP contribution in [0.1, 0.15) is 43.2 Å². The summed E-state index contributed by atoms with van der Waals surface area (Å²) in [5, 5.41) is 4.77. The molecule has 2 fully saturated rings. The summed E-state index contributed by atoms with van der Waals surface area (Å²) in [6, 6.07) is 4.54. The van der Waals surface area contributed by atoms with Crippen molar-refractivity contribution in [1.29, 1.82) is 0 Å². The summed E-state index contributed by atoms with van der Waals surface area (Å²) in [5.74, 6) is 0.787. The number of ketones is 1. The third-order valence-electron chi connectivity index (χ3n) is 6.24. The van der Waals surface area contributed by atoms with Gasteiger partial charge in [0.25, 0.3) is 0 Å². The number of hydrogen-bond donors (Lipinski definition) is 0. The van der Waals surface area contributed by atoms with Crippen LogP contribution >= 0.6 is 11.3 Å². The molecule has 0 amide bonds. The Morgan fingerprint density at radius 1 is 1.21 bits per heavy atom. The Morgan fingerprint density at radius 2 is 2.00 bits per heavy atom. The quantitative estimate of drug-likeness (QED) is 0.450. The molecule has 33 heavy (non-hydrogen) atoms. The Labute approximate surface area is 196 Å². The van der Waals surface area contributed by atoms with Crippen molar-refractivity contribution in [2.75, 3.05) is 20.3 Å². The van der Waals surface area contributed by atoms with E-state index in [0.717, 1.165) is 23.2 Å². The maximum atomic E-state index is 13.5. The standard InChI is InChI=1S/C22H26N4O5S2/c1-30-19-5-4-16-22(24-19)32-20(23-16)13-18(27)17(12-14-7-10-31-11-8-14)26-9-6-21(25-26)33(28,29)15-2-3-15/h4-6,9,14-15,17H,2-3,7-8,10-13H2,1H3/t17-/m0/s1. The second-order valence-electron chi connectivity index (χ2n) is 8.61. The van der Waals surface area contributed by atoms with Gasteiger partial charge in [0, 0.05) is 25.5 Å². The number of hydrogen-bond acceptors (Lipinski definition) is 9. The fourth-order valence-electron chi connectivity index (χ4n) is 4.18. The van der Waals surface area contributed by atoms with E-state index in [9.17, 15) is 13.2 Å². The maximum absolute atomic E-state index is 13.5. The molecule has 3 aromatic rings. The number of rotatable bonds is 9. The minimum absolute atomic E-state index is 0.0361. The lowest BCUT2D eigenvalue weighted by Gasteiger charge is -2.26. The molecule has 0 spiro atoms. The van der Waals surface area contributed by atoms with E-state index in [2.05, 4.69) is 15.1 Å². The number of nitrogens with zero attached hydrogens (tertiary/aromatic N) is 4. The van der Waals surface area contributed by atoms with Crippen LogP contribution in [-0.4, -0.2) is 59.5 Å². The minimum atomic E-state index is -3.41. The first kappa shape index (κ1) is 22.4. The van der Waals surface area contributed by atoms with Crippen LogP contribution in [-0.2, 0) is 25.8 Å². The van der Waals surface area contributed by atoms with E-state index in [-0.39, 0.29) is 22.5 Å². The van der Waals surface area contributed by atoms with Crippen LogP contribution < -0.4 is 4.74 Å². The molecule has 11 heteroatoms. The van der Waals surface area contributed by atoms with E-state index in [1.165, 1.54) is 17.4 Å². The van der Waals surface area contributed by atoms with Crippen molar-refractivity contribution in [3.8, 4) is 5.88 Å². The number of methoxy groups -OCH3 is 1. The van der Waals surface area contributed by atoms with Crippen LogP contribution in [0.15, 0.2) is 29.4 Å². The Kier molecular flexibility index (Phi) is 6.19. The highest BCUT2D eigenvalue weighted by Gasteiger charge is 2.39. The van der Waals surface area contributed by atoms with Gasteiger partial charge >= 0.3 is 0 Å². The Bertz CT molecular complexity index is 1260. The van der Waals surface area contributed by atoms with Gasteiger partial charge in [-0.2, -0.15) is 5.10 Å². The molecular formula is C22H26N4O5S2. The zero-order valence-corrected chi connectivity index (χ0v) is 20.0. The number of fused-ring (bicyclic) bond motifs is 1.